The first kappa shape index (κ1) is 19.0. The number of carbonyl (C=O) groups is 2. The lowest BCUT2D eigenvalue weighted by Crippen LogP contribution is -2.35. The number of anilines is 1. The Kier molecular flexibility index (Phi) is 5.81. The molecule has 1 N–H and O–H groups in total. The SMILES string of the molecule is CCOc1cc(OCC)c(/C=C2/C(=O)NN(c3ccccc3)C2=O)cc1Br. The summed E-state index contributed by atoms with van der Waals surface area (Å²) in [5.41, 5.74) is 3.83. The van der Waals surface area contributed by atoms with E-state index in [0.29, 0.717) is 40.4 Å². The Bertz CT molecular complexity index is 896. The van der Waals surface area contributed by atoms with Gasteiger partial charge in [0.15, 0.2) is 0 Å². The van der Waals surface area contributed by atoms with Gasteiger partial charge in [0.25, 0.3) is 11.8 Å². The van der Waals surface area contributed by atoms with E-state index in [2.05, 4.69) is 21.4 Å². The van der Waals surface area contributed by atoms with Gasteiger partial charge in [-0.3, -0.25) is 15.0 Å². The fourth-order valence-corrected chi connectivity index (χ4v) is 3.16. The smallest absolute Gasteiger partial charge is 0.282 e. The molecular weight excluding hydrogens is 412 g/mol. The van der Waals surface area contributed by atoms with Crippen LogP contribution >= 0.6 is 15.9 Å². The molecule has 0 bridgehead atoms. The Labute approximate surface area is 165 Å². The molecule has 0 aromatic heterocycles. The van der Waals surface area contributed by atoms with Crippen molar-refractivity contribution >= 4 is 39.5 Å². The third-order valence-electron chi connectivity index (χ3n) is 3.87. The number of halogens is 1. The van der Waals surface area contributed by atoms with Gasteiger partial charge < -0.3 is 9.47 Å². The molecule has 0 radical (unpaired) electrons. The number of amides is 2. The zero-order chi connectivity index (χ0) is 19.4. The van der Waals surface area contributed by atoms with Crippen LogP contribution in [-0.2, 0) is 9.59 Å². The average molecular weight is 431 g/mol. The zero-order valence-corrected chi connectivity index (χ0v) is 16.6. The summed E-state index contributed by atoms with van der Waals surface area (Å²) < 4.78 is 11.9. The Morgan fingerprint density at radius 3 is 2.37 bits per heavy atom. The van der Waals surface area contributed by atoms with Crippen molar-refractivity contribution in [2.24, 2.45) is 0 Å². The third-order valence-corrected chi connectivity index (χ3v) is 4.49. The number of carbonyl (C=O) groups excluding carboxylic acids is 2. The standard InChI is InChI=1S/C20H19BrN2O4/c1-3-26-17-12-18(27-4-2)16(21)11-13(17)10-15-19(24)22-23(20(15)25)14-8-6-5-7-9-14/h5-12H,3-4H2,1-2H3,(H,22,24)/b15-10-. The number of ether oxygens (including phenoxy) is 2. The number of para-hydroxylation sites is 1. The summed E-state index contributed by atoms with van der Waals surface area (Å²) in [7, 11) is 0. The highest BCUT2D eigenvalue weighted by Gasteiger charge is 2.34. The van der Waals surface area contributed by atoms with E-state index < -0.39 is 11.8 Å². The van der Waals surface area contributed by atoms with Crippen molar-refractivity contribution in [3.8, 4) is 11.5 Å². The summed E-state index contributed by atoms with van der Waals surface area (Å²) in [5.74, 6) is 0.293. The van der Waals surface area contributed by atoms with Crippen molar-refractivity contribution in [3.63, 3.8) is 0 Å². The van der Waals surface area contributed by atoms with Crippen LogP contribution in [0.25, 0.3) is 6.08 Å². The first-order valence-electron chi connectivity index (χ1n) is 8.56. The summed E-state index contributed by atoms with van der Waals surface area (Å²) in [6.07, 6.45) is 1.53. The highest BCUT2D eigenvalue weighted by Crippen LogP contribution is 2.35. The molecular formula is C20H19BrN2O4. The van der Waals surface area contributed by atoms with Gasteiger partial charge in [-0.05, 0) is 54.1 Å². The predicted octanol–water partition coefficient (Wildman–Crippen LogP) is 3.71. The molecule has 0 saturated carbocycles. The Balaban J connectivity index is 1.99. The van der Waals surface area contributed by atoms with E-state index in [-0.39, 0.29) is 5.57 Å². The van der Waals surface area contributed by atoms with Gasteiger partial charge in [0.1, 0.15) is 17.1 Å². The summed E-state index contributed by atoms with van der Waals surface area (Å²) >= 11 is 3.46. The molecule has 27 heavy (non-hydrogen) atoms. The molecule has 1 heterocycles. The molecule has 2 amide bonds. The van der Waals surface area contributed by atoms with E-state index in [1.807, 2.05) is 19.9 Å². The number of rotatable bonds is 6. The van der Waals surface area contributed by atoms with Crippen molar-refractivity contribution in [1.82, 2.24) is 5.43 Å². The van der Waals surface area contributed by atoms with Crippen molar-refractivity contribution in [2.45, 2.75) is 13.8 Å². The van der Waals surface area contributed by atoms with Gasteiger partial charge in [-0.2, -0.15) is 0 Å². The molecule has 1 aliphatic rings. The second kappa shape index (κ2) is 8.26. The van der Waals surface area contributed by atoms with Crippen molar-refractivity contribution in [3.05, 3.63) is 58.1 Å². The van der Waals surface area contributed by atoms with Gasteiger partial charge in [-0.15, -0.1) is 0 Å². The van der Waals surface area contributed by atoms with Gasteiger partial charge in [-0.1, -0.05) is 18.2 Å². The lowest BCUT2D eigenvalue weighted by molar-refractivity contribution is -0.117. The highest BCUT2D eigenvalue weighted by atomic mass is 79.9. The monoisotopic (exact) mass is 430 g/mol. The van der Waals surface area contributed by atoms with Crippen LogP contribution in [0.4, 0.5) is 5.69 Å². The summed E-state index contributed by atoms with van der Waals surface area (Å²) in [6.45, 7) is 4.71. The lowest BCUT2D eigenvalue weighted by atomic mass is 10.1. The fraction of sp³-hybridized carbons (Fsp3) is 0.200. The number of nitrogens with zero attached hydrogens (tertiary/aromatic N) is 1. The van der Waals surface area contributed by atoms with Crippen LogP contribution in [0.2, 0.25) is 0 Å². The molecule has 1 saturated heterocycles. The first-order valence-corrected chi connectivity index (χ1v) is 9.35. The van der Waals surface area contributed by atoms with Crippen LogP contribution in [0.3, 0.4) is 0 Å². The topological polar surface area (TPSA) is 67.9 Å². The highest BCUT2D eigenvalue weighted by molar-refractivity contribution is 9.10. The van der Waals surface area contributed by atoms with Crippen LogP contribution in [0, 0.1) is 0 Å². The normalized spacial score (nSPS) is 15.2. The van der Waals surface area contributed by atoms with Crippen molar-refractivity contribution < 1.29 is 19.1 Å². The molecule has 0 spiro atoms. The van der Waals surface area contributed by atoms with Crippen LogP contribution in [-0.4, -0.2) is 25.0 Å². The van der Waals surface area contributed by atoms with Crippen LogP contribution < -0.4 is 19.9 Å². The van der Waals surface area contributed by atoms with Crippen molar-refractivity contribution in [2.75, 3.05) is 18.2 Å². The van der Waals surface area contributed by atoms with Gasteiger partial charge in [-0.25, -0.2) is 5.01 Å². The molecule has 0 aliphatic carbocycles. The largest absolute Gasteiger partial charge is 0.493 e. The lowest BCUT2D eigenvalue weighted by Gasteiger charge is -2.14. The number of hydrogen-bond donors (Lipinski definition) is 1. The van der Waals surface area contributed by atoms with Crippen molar-refractivity contribution in [1.29, 1.82) is 0 Å². The molecule has 0 atom stereocenters. The number of benzene rings is 2. The molecule has 140 valence electrons. The number of hydrogen-bond acceptors (Lipinski definition) is 4. The van der Waals surface area contributed by atoms with Gasteiger partial charge in [0.05, 0.1) is 23.4 Å². The second-order valence-electron chi connectivity index (χ2n) is 5.66. The van der Waals surface area contributed by atoms with E-state index in [9.17, 15) is 9.59 Å². The molecule has 6 nitrogen and oxygen atoms in total. The third kappa shape index (κ3) is 3.98. The minimum Gasteiger partial charge on any atom is -0.493 e. The first-order chi connectivity index (χ1) is 13.0. The molecule has 2 aromatic carbocycles. The molecule has 7 heteroatoms. The predicted molar refractivity (Wildman–Crippen MR) is 107 cm³/mol. The molecule has 1 fully saturated rings. The Morgan fingerprint density at radius 2 is 1.70 bits per heavy atom. The summed E-state index contributed by atoms with van der Waals surface area (Å²) in [4.78, 5) is 25.1. The maximum atomic E-state index is 12.7. The zero-order valence-electron chi connectivity index (χ0n) is 15.0. The van der Waals surface area contributed by atoms with Crippen LogP contribution in [0.15, 0.2) is 52.5 Å². The van der Waals surface area contributed by atoms with E-state index in [1.54, 1.807) is 36.4 Å². The quantitative estimate of drug-likeness (QED) is 0.560. The van der Waals surface area contributed by atoms with E-state index >= 15 is 0 Å². The van der Waals surface area contributed by atoms with E-state index in [4.69, 9.17) is 9.47 Å². The van der Waals surface area contributed by atoms with Gasteiger partial charge in [0.2, 0.25) is 0 Å². The van der Waals surface area contributed by atoms with E-state index in [0.717, 1.165) is 0 Å². The summed E-state index contributed by atoms with van der Waals surface area (Å²) in [5, 5.41) is 1.23. The Morgan fingerprint density at radius 1 is 1.04 bits per heavy atom. The minimum absolute atomic E-state index is 0.0378. The number of nitrogens with one attached hydrogen (secondary N) is 1. The molecule has 2 aromatic rings. The van der Waals surface area contributed by atoms with Gasteiger partial charge >= 0.3 is 0 Å². The maximum Gasteiger partial charge on any atom is 0.282 e. The minimum atomic E-state index is -0.462. The number of hydrazine groups is 1. The molecule has 0 unspecified atom stereocenters. The van der Waals surface area contributed by atoms with Crippen LogP contribution in [0.1, 0.15) is 19.4 Å². The maximum absolute atomic E-state index is 12.7. The average Bonchev–Trinajstić information content (AvgIpc) is 2.94. The Hall–Kier alpha value is -2.80. The fourth-order valence-electron chi connectivity index (χ4n) is 2.68. The second-order valence-corrected chi connectivity index (χ2v) is 6.52. The van der Waals surface area contributed by atoms with Gasteiger partial charge in [0, 0.05) is 11.6 Å². The van der Waals surface area contributed by atoms with E-state index in [1.165, 1.54) is 11.1 Å². The van der Waals surface area contributed by atoms with Crippen LogP contribution in [0.5, 0.6) is 11.5 Å². The molecule has 1 aliphatic heterocycles. The molecule has 3 rings (SSSR count). The summed E-state index contributed by atoms with van der Waals surface area (Å²) in [6, 6.07) is 12.5.